The van der Waals surface area contributed by atoms with Crippen LogP contribution < -0.4 is 9.47 Å². The van der Waals surface area contributed by atoms with Crippen LogP contribution in [0.1, 0.15) is 63.2 Å². The van der Waals surface area contributed by atoms with Crippen LogP contribution in [0.5, 0.6) is 11.5 Å². The van der Waals surface area contributed by atoms with Gasteiger partial charge in [-0.05, 0) is 77.0 Å². The van der Waals surface area contributed by atoms with Crippen LogP contribution in [-0.4, -0.2) is 31.7 Å². The molecule has 0 aliphatic carbocycles. The molecular formula is C37H34N4O10S. The topological polar surface area (TPSA) is 175 Å². The standard InChI is InChI=1S/C37H34N4O10S/c1-2-3-12-35-38-22-31(20-30(21-34-11-6-17-52-34)37(43)51-33-10-5-8-28(19-33)25-49-41(46)47)39(35)23-26-13-15-29(16-14-26)36(42)50-32-9-4-7-27(18-32)24-48-40(44)45/h4-11,13-20,22H,2-3,12,21,23-25H2,1H3/b30-20+. The second kappa shape index (κ2) is 18.1. The van der Waals surface area contributed by atoms with Gasteiger partial charge in [-0.2, -0.15) is 0 Å². The molecule has 0 radical (unpaired) electrons. The van der Waals surface area contributed by atoms with E-state index in [9.17, 15) is 29.8 Å². The summed E-state index contributed by atoms with van der Waals surface area (Å²) in [6, 6.07) is 23.4. The SMILES string of the molecule is CCCCc1ncc(/C=C(\Cc2cccs2)C(=O)Oc2cccc(CO[N+](=O)[O-])c2)n1Cc1ccc(C(=O)Oc2cccc(CO[N+](=O)[O-])c2)cc1. The number of ether oxygens (including phenoxy) is 2. The number of thiophene rings is 1. The first-order valence-corrected chi connectivity index (χ1v) is 17.1. The predicted molar refractivity (Wildman–Crippen MR) is 189 cm³/mol. The van der Waals surface area contributed by atoms with Crippen molar-refractivity contribution in [3.63, 3.8) is 0 Å². The molecule has 0 unspecified atom stereocenters. The summed E-state index contributed by atoms with van der Waals surface area (Å²) in [4.78, 5) is 62.2. The van der Waals surface area contributed by atoms with E-state index in [0.29, 0.717) is 47.3 Å². The lowest BCUT2D eigenvalue weighted by molar-refractivity contribution is -0.763. The van der Waals surface area contributed by atoms with Crippen LogP contribution >= 0.6 is 11.3 Å². The average Bonchev–Trinajstić information content (AvgIpc) is 3.79. The van der Waals surface area contributed by atoms with Gasteiger partial charge in [-0.3, -0.25) is 0 Å². The van der Waals surface area contributed by atoms with Gasteiger partial charge in [0.25, 0.3) is 10.2 Å². The van der Waals surface area contributed by atoms with Crippen LogP contribution in [0.25, 0.3) is 6.08 Å². The van der Waals surface area contributed by atoms with Gasteiger partial charge in [-0.25, -0.2) is 14.6 Å². The number of benzene rings is 3. The Bertz CT molecular complexity index is 2040. The molecule has 0 bridgehead atoms. The Labute approximate surface area is 302 Å². The van der Waals surface area contributed by atoms with Gasteiger partial charge in [0.15, 0.2) is 0 Å². The lowest BCUT2D eigenvalue weighted by Crippen LogP contribution is -2.14. The van der Waals surface area contributed by atoms with E-state index in [0.717, 1.165) is 29.1 Å². The molecule has 0 saturated heterocycles. The number of rotatable bonds is 18. The number of nitrogens with zero attached hydrogens (tertiary/aromatic N) is 4. The average molecular weight is 727 g/mol. The van der Waals surface area contributed by atoms with E-state index >= 15 is 0 Å². The molecule has 0 N–H and O–H groups in total. The van der Waals surface area contributed by atoms with E-state index in [-0.39, 0.29) is 24.7 Å². The highest BCUT2D eigenvalue weighted by Crippen LogP contribution is 2.23. The molecule has 5 aromatic rings. The zero-order valence-electron chi connectivity index (χ0n) is 28.0. The minimum absolute atomic E-state index is 0.221. The van der Waals surface area contributed by atoms with Crippen LogP contribution in [0.4, 0.5) is 0 Å². The summed E-state index contributed by atoms with van der Waals surface area (Å²) in [6.07, 6.45) is 6.37. The van der Waals surface area contributed by atoms with Gasteiger partial charge in [-0.15, -0.1) is 31.6 Å². The summed E-state index contributed by atoms with van der Waals surface area (Å²) in [5.41, 5.74) is 3.19. The van der Waals surface area contributed by atoms with Crippen LogP contribution in [0, 0.1) is 20.2 Å². The number of carbonyl (C=O) groups excluding carboxylic acids is 2. The predicted octanol–water partition coefficient (Wildman–Crippen LogP) is 7.20. The highest BCUT2D eigenvalue weighted by Gasteiger charge is 2.18. The number of aromatic nitrogens is 2. The molecule has 0 aliphatic heterocycles. The van der Waals surface area contributed by atoms with Crippen molar-refractivity contribution in [1.82, 2.24) is 9.55 Å². The number of hydrogen-bond donors (Lipinski definition) is 0. The minimum Gasteiger partial charge on any atom is -0.423 e. The Balaban J connectivity index is 1.36. The van der Waals surface area contributed by atoms with Crippen molar-refractivity contribution < 1.29 is 38.9 Å². The maximum Gasteiger partial charge on any atom is 0.343 e. The number of aryl methyl sites for hydroxylation is 1. The molecule has 3 aromatic carbocycles. The third kappa shape index (κ3) is 10.8. The molecule has 14 nitrogen and oxygen atoms in total. The molecule has 0 saturated carbocycles. The maximum absolute atomic E-state index is 13.6. The molecule has 0 aliphatic rings. The lowest BCUT2D eigenvalue weighted by atomic mass is 10.1. The van der Waals surface area contributed by atoms with Gasteiger partial charge in [0.2, 0.25) is 0 Å². The fourth-order valence-electron chi connectivity index (χ4n) is 5.14. The Kier molecular flexibility index (Phi) is 12.8. The molecule has 2 heterocycles. The van der Waals surface area contributed by atoms with Crippen molar-refractivity contribution in [2.75, 3.05) is 0 Å². The smallest absolute Gasteiger partial charge is 0.343 e. The van der Waals surface area contributed by atoms with Crippen molar-refractivity contribution >= 4 is 29.4 Å². The summed E-state index contributed by atoms with van der Waals surface area (Å²) in [5, 5.41) is 21.3. The normalized spacial score (nSPS) is 11.1. The van der Waals surface area contributed by atoms with Gasteiger partial charge in [0.05, 0.1) is 17.5 Å². The molecule has 268 valence electrons. The highest BCUT2D eigenvalue weighted by atomic mass is 32.1. The van der Waals surface area contributed by atoms with Gasteiger partial charge >= 0.3 is 11.9 Å². The van der Waals surface area contributed by atoms with Crippen LogP contribution in [0.2, 0.25) is 0 Å². The summed E-state index contributed by atoms with van der Waals surface area (Å²) < 4.78 is 13.3. The molecule has 52 heavy (non-hydrogen) atoms. The summed E-state index contributed by atoms with van der Waals surface area (Å²) in [5.74, 6) is 0.102. The molecule has 2 aromatic heterocycles. The van der Waals surface area contributed by atoms with Gasteiger partial charge in [0, 0.05) is 29.8 Å². The number of esters is 2. The monoisotopic (exact) mass is 726 g/mol. The second-order valence-corrected chi connectivity index (χ2v) is 12.5. The maximum atomic E-state index is 13.6. The van der Waals surface area contributed by atoms with Crippen LogP contribution in [0.15, 0.2) is 102 Å². The largest absolute Gasteiger partial charge is 0.423 e. The molecule has 0 atom stereocenters. The number of unbranched alkanes of at least 4 members (excludes halogenated alkanes) is 1. The summed E-state index contributed by atoms with van der Waals surface area (Å²) >= 11 is 1.51. The fraction of sp³-hybridized carbons (Fsp3) is 0.216. The Morgan fingerprint density at radius 2 is 1.50 bits per heavy atom. The van der Waals surface area contributed by atoms with Crippen LogP contribution in [-0.2, 0) is 47.1 Å². The van der Waals surface area contributed by atoms with Gasteiger partial charge in [0.1, 0.15) is 30.5 Å². The first-order chi connectivity index (χ1) is 25.2. The van der Waals surface area contributed by atoms with Gasteiger partial charge in [-0.1, -0.05) is 55.8 Å². The van der Waals surface area contributed by atoms with E-state index < -0.39 is 22.1 Å². The zero-order chi connectivity index (χ0) is 36.9. The Hall–Kier alpha value is -6.35. The zero-order valence-corrected chi connectivity index (χ0v) is 28.9. The molecule has 15 heteroatoms. The number of carbonyl (C=O) groups is 2. The van der Waals surface area contributed by atoms with Crippen molar-refractivity contribution in [3.05, 3.63) is 161 Å². The Morgan fingerprint density at radius 3 is 2.10 bits per heavy atom. The summed E-state index contributed by atoms with van der Waals surface area (Å²) in [6.45, 7) is 1.94. The fourth-order valence-corrected chi connectivity index (χ4v) is 5.87. The molecule has 0 spiro atoms. The molecule has 0 amide bonds. The van der Waals surface area contributed by atoms with Crippen LogP contribution in [0.3, 0.4) is 0 Å². The molecule has 5 rings (SSSR count). The van der Waals surface area contributed by atoms with E-state index in [1.165, 1.54) is 23.5 Å². The van der Waals surface area contributed by atoms with E-state index in [4.69, 9.17) is 14.5 Å². The molecule has 0 fully saturated rings. The van der Waals surface area contributed by atoms with Crippen molar-refractivity contribution in [1.29, 1.82) is 0 Å². The van der Waals surface area contributed by atoms with Crippen molar-refractivity contribution in [3.8, 4) is 11.5 Å². The van der Waals surface area contributed by atoms with E-state index in [1.54, 1.807) is 60.8 Å². The summed E-state index contributed by atoms with van der Waals surface area (Å²) in [7, 11) is 0. The Morgan fingerprint density at radius 1 is 0.846 bits per heavy atom. The quantitative estimate of drug-likeness (QED) is 0.0293. The minimum atomic E-state index is -0.891. The van der Waals surface area contributed by atoms with E-state index in [2.05, 4.69) is 16.6 Å². The number of imidazole rings is 1. The van der Waals surface area contributed by atoms with Gasteiger partial charge < -0.3 is 23.7 Å². The third-order valence-electron chi connectivity index (χ3n) is 7.67. The second-order valence-electron chi connectivity index (χ2n) is 11.5. The third-order valence-corrected chi connectivity index (χ3v) is 8.55. The first kappa shape index (κ1) is 36.9. The number of hydrogen-bond acceptors (Lipinski definition) is 12. The first-order valence-electron chi connectivity index (χ1n) is 16.2. The highest BCUT2D eigenvalue weighted by molar-refractivity contribution is 7.09. The lowest BCUT2D eigenvalue weighted by Gasteiger charge is -2.13. The van der Waals surface area contributed by atoms with E-state index in [1.807, 2.05) is 34.2 Å². The van der Waals surface area contributed by atoms with Crippen molar-refractivity contribution in [2.24, 2.45) is 0 Å². The molecular weight excluding hydrogens is 692 g/mol. The van der Waals surface area contributed by atoms with Crippen molar-refractivity contribution in [2.45, 2.75) is 52.4 Å².